The molecular weight excluding hydrogens is 1170 g/mol. The Morgan fingerprint density at radius 2 is 0.469 bits per heavy atom. The Bertz CT molecular complexity index is 2600. The fourth-order valence-corrected chi connectivity index (χ4v) is 9.09. The van der Waals surface area contributed by atoms with Crippen molar-refractivity contribution in [1.29, 1.82) is 0 Å². The van der Waals surface area contributed by atoms with Crippen LogP contribution in [0.2, 0.25) is 15.9 Å². The summed E-state index contributed by atoms with van der Waals surface area (Å²) in [5.41, 5.74) is 12.8. The van der Waals surface area contributed by atoms with Crippen LogP contribution in [-0.2, 0) is 78.8 Å². The Morgan fingerprint density at radius 3 is 0.635 bits per heavy atom. The highest BCUT2D eigenvalue weighted by molar-refractivity contribution is 6.76. The fraction of sp³-hybridized carbons (Fsp3) is 0.706. The van der Waals surface area contributed by atoms with Gasteiger partial charge in [0.1, 0.15) is 17.5 Å². The van der Waals surface area contributed by atoms with Gasteiger partial charge in [-0.3, -0.25) is 4.98 Å². The Morgan fingerprint density at radius 1 is 0.250 bits per heavy atom. The third-order valence-corrected chi connectivity index (χ3v) is 16.5. The van der Waals surface area contributed by atoms with Crippen LogP contribution in [-0.4, -0.2) is 41.3 Å². The van der Waals surface area contributed by atoms with E-state index in [1.807, 2.05) is 6.20 Å². The van der Waals surface area contributed by atoms with E-state index in [9.17, 15) is 0 Å². The quantitative estimate of drug-likeness (QED) is 0.113. The third-order valence-electron chi connectivity index (χ3n) is 16.5. The molecule has 1 aliphatic rings. The average molecular weight is 1320 g/mol. The first kappa shape index (κ1) is 89.8. The molecule has 1 aliphatic heterocycles. The van der Waals surface area contributed by atoms with E-state index in [0.29, 0.717) is 0 Å². The maximum absolute atomic E-state index is 6.00. The van der Waals surface area contributed by atoms with E-state index in [-0.39, 0.29) is 102 Å². The van der Waals surface area contributed by atoms with Crippen molar-refractivity contribution in [3.63, 3.8) is 0 Å². The fourth-order valence-electron chi connectivity index (χ4n) is 9.09. The zero-order valence-corrected chi connectivity index (χ0v) is 71.3. The minimum atomic E-state index is -0.236. The molecule has 2 aromatic carbocycles. The predicted molar refractivity (Wildman–Crippen MR) is 424 cm³/mol. The molecule has 96 heavy (non-hydrogen) atoms. The van der Waals surface area contributed by atoms with Gasteiger partial charge in [-0.05, 0) is 98.9 Å². The van der Waals surface area contributed by atoms with Gasteiger partial charge in [-0.2, -0.15) is 0 Å². The first-order valence-corrected chi connectivity index (χ1v) is 36.1. The van der Waals surface area contributed by atoms with Crippen LogP contribution in [0.5, 0.6) is 0 Å². The summed E-state index contributed by atoms with van der Waals surface area (Å²) >= 11 is 0. The Kier molecular flexibility index (Phi) is 29.8. The van der Waals surface area contributed by atoms with Crippen molar-refractivity contribution in [2.45, 2.75) is 393 Å². The average Bonchev–Trinajstić information content (AvgIpc) is 0.807. The van der Waals surface area contributed by atoms with Gasteiger partial charge in [-0.25, -0.2) is 19.5 Å². The zero-order chi connectivity index (χ0) is 76.0. The second-order valence-corrected chi connectivity index (χ2v) is 43.0. The number of aromatic nitrogens is 5. The molecule has 540 valence electrons. The van der Waals surface area contributed by atoms with Crippen LogP contribution in [0, 0.1) is 0 Å². The van der Waals surface area contributed by atoms with Crippen LogP contribution in [0.25, 0.3) is 0 Å². The van der Waals surface area contributed by atoms with E-state index in [0.717, 1.165) is 23.2 Å². The molecule has 4 heterocycles. The molecule has 6 rings (SSSR count). The number of nitrogens with zero attached hydrogens (tertiary/aromatic N) is 5. The van der Waals surface area contributed by atoms with Gasteiger partial charge in [-0.15, -0.1) is 0 Å². The summed E-state index contributed by atoms with van der Waals surface area (Å²) in [6, 6.07) is 24.9. The van der Waals surface area contributed by atoms with Gasteiger partial charge in [-0.1, -0.05) is 339 Å². The maximum Gasteiger partial charge on any atom is 0.435 e. The van der Waals surface area contributed by atoms with Gasteiger partial charge in [0, 0.05) is 66.5 Å². The van der Waals surface area contributed by atoms with Gasteiger partial charge in [0.15, 0.2) is 17.9 Å². The van der Waals surface area contributed by atoms with Crippen LogP contribution in [0.3, 0.4) is 0 Å². The van der Waals surface area contributed by atoms with Crippen LogP contribution >= 0.6 is 0 Å². The molecule has 0 spiro atoms. The lowest BCUT2D eigenvalue weighted by molar-refractivity contribution is -0.754. The Labute approximate surface area is 596 Å². The molecule has 0 bridgehead atoms. The van der Waals surface area contributed by atoms with E-state index in [1.165, 1.54) is 38.9 Å². The van der Waals surface area contributed by atoms with Gasteiger partial charge in [0.05, 0.1) is 0 Å². The van der Waals surface area contributed by atoms with Crippen molar-refractivity contribution >= 4 is 21.4 Å². The Hall–Kier alpha value is -4.18. The van der Waals surface area contributed by atoms with Crippen molar-refractivity contribution in [1.82, 2.24) is 19.9 Å². The van der Waals surface area contributed by atoms with Crippen molar-refractivity contribution in [3.8, 4) is 0 Å². The molecule has 0 radical (unpaired) electrons. The number of rotatable bonds is 0. The first-order valence-electron chi connectivity index (χ1n) is 36.1. The van der Waals surface area contributed by atoms with E-state index in [1.54, 1.807) is 0 Å². The van der Waals surface area contributed by atoms with Crippen LogP contribution in [0.4, 0.5) is 0 Å². The highest BCUT2D eigenvalue weighted by atomic mass is 16.7. The lowest BCUT2D eigenvalue weighted by atomic mass is 9.47. The van der Waals surface area contributed by atoms with Crippen molar-refractivity contribution < 1.29 is 18.3 Å². The van der Waals surface area contributed by atoms with Crippen molar-refractivity contribution in [2.24, 2.45) is 0 Å². The van der Waals surface area contributed by atoms with Gasteiger partial charge in [0.25, 0.3) is 0 Å². The highest BCUT2D eigenvalue weighted by Gasteiger charge is 2.53. The number of pyridine rings is 2. The molecule has 1 saturated heterocycles. The van der Waals surface area contributed by atoms with E-state index < -0.39 is 0 Å². The van der Waals surface area contributed by atoms with Crippen LogP contribution in [0.15, 0.2) is 85.3 Å². The molecule has 3 aromatic heterocycles. The second kappa shape index (κ2) is 31.8. The molecule has 11 heteroatoms. The summed E-state index contributed by atoms with van der Waals surface area (Å²) in [6.07, 6.45) is 6.34. The van der Waals surface area contributed by atoms with Crippen LogP contribution < -0.4 is 4.57 Å². The largest absolute Gasteiger partial charge is 0.452 e. The maximum atomic E-state index is 6.00. The Balaban J connectivity index is 0.000000578. The van der Waals surface area contributed by atoms with Crippen LogP contribution in [0.1, 0.15) is 374 Å². The molecule has 0 unspecified atom stereocenters. The summed E-state index contributed by atoms with van der Waals surface area (Å²) in [4.78, 5) is 18.5. The molecule has 1 fully saturated rings. The van der Waals surface area contributed by atoms with Crippen molar-refractivity contribution in [3.05, 3.63) is 147 Å². The van der Waals surface area contributed by atoms with E-state index >= 15 is 0 Å². The summed E-state index contributed by atoms with van der Waals surface area (Å²) in [5.74, 6) is 2.65. The monoisotopic (exact) mass is 1320 g/mol. The minimum Gasteiger partial charge on any atom is -0.452 e. The highest BCUT2D eigenvalue weighted by Crippen LogP contribution is 2.43. The van der Waals surface area contributed by atoms with Gasteiger partial charge < -0.3 is 13.7 Å². The summed E-state index contributed by atoms with van der Waals surface area (Å²) < 4.78 is 20.2. The normalized spacial score (nSPS) is 14.5. The predicted octanol–water partition coefficient (Wildman–Crippen LogP) is 24.2. The molecular formula is C85H149B3N5O3+. The number of hydrogen-bond acceptors (Lipinski definition) is 7. The topological polar surface area (TPSA) is 83.1 Å². The van der Waals surface area contributed by atoms with Gasteiger partial charge in [0.2, 0.25) is 0 Å². The molecule has 0 N–H and O–H groups in total. The molecule has 5 aromatic rings. The number of hydrogen-bond donors (Lipinski definition) is 0. The lowest BCUT2D eigenvalue weighted by Gasteiger charge is -2.44. The SMILES string of the molecule is CC(C)(C)B1OB(C(C)(C)C)OB(C(C)(C)C)O1.CC(C)(C)c1cc(C(C)(C)C)cc(C(C)(C)C)c1.CC(C)(C)c1cc[n+](C(C)(C)C)cc1.CC(C)(C)c1ccc(C(C)(C)C)cc1.CC(C)(C)c1ccc(C(C)(C)C)nc1.CC(C)(C)c1nc(C(C)(C)C)nc(C(C)(C)C)n1. The summed E-state index contributed by atoms with van der Waals surface area (Å²) in [5, 5.41) is -0.176. The molecule has 0 atom stereocenters. The second-order valence-electron chi connectivity index (χ2n) is 43.0. The minimum absolute atomic E-state index is 0.0526. The van der Waals surface area contributed by atoms with E-state index in [2.05, 4.69) is 415 Å². The lowest BCUT2D eigenvalue weighted by Crippen LogP contribution is -2.57. The molecule has 0 amide bonds. The smallest absolute Gasteiger partial charge is 0.435 e. The standard InChI is InChI=1S/C18H30.C15H27N3.C14H22.C13H22N.C13H21N.C12H27B3O3/c1-16(2,3)13-10-14(17(4,5)6)12-15(11-13)18(7,8)9;1-13(2,3)10-16-11(14(4,5)6)18-12(17-10)15(7,8)9;1-13(2,3)11-7-9-12(10-8-11)14(4,5)6;1-12(2,3)11-7-9-14(10-8-11)13(4,5)6;1-12(2,3)10-7-8-11(14-9-10)13(4,5)6;1-10(2,3)13-16-14(11(4,5)6)18-15(17-13)12(7,8)9/h10-12H,1-9H3;1-9H3;2*7-10H,1-6H3;7-9H,1-6H3;1-9H3/q;;;+1;;. The summed E-state index contributed by atoms with van der Waals surface area (Å²) in [7, 11) is -0.709. The van der Waals surface area contributed by atoms with E-state index in [4.69, 9.17) is 13.7 Å². The molecule has 0 aliphatic carbocycles. The molecule has 0 saturated carbocycles. The van der Waals surface area contributed by atoms with Gasteiger partial charge >= 0.3 is 21.4 Å². The first-order chi connectivity index (χ1) is 42.1. The third kappa shape index (κ3) is 30.7. The summed E-state index contributed by atoms with van der Waals surface area (Å²) in [6.45, 7) is 99.1. The zero-order valence-electron chi connectivity index (χ0n) is 71.3. The molecule has 8 nitrogen and oxygen atoms in total. The van der Waals surface area contributed by atoms with Crippen molar-refractivity contribution in [2.75, 3.05) is 0 Å². The number of benzene rings is 2.